The van der Waals surface area contributed by atoms with Crippen molar-refractivity contribution in [1.82, 2.24) is 9.97 Å². The summed E-state index contributed by atoms with van der Waals surface area (Å²) in [4.78, 5) is 8.19. The summed E-state index contributed by atoms with van der Waals surface area (Å²) in [6.45, 7) is 4.08. The maximum atomic E-state index is 6.04. The van der Waals surface area contributed by atoms with Crippen molar-refractivity contribution >= 4 is 21.8 Å². The molecule has 3 aromatic carbocycles. The van der Waals surface area contributed by atoms with Crippen LogP contribution in [0.15, 0.2) is 60.7 Å². The molecule has 0 aliphatic heterocycles. The molecule has 0 radical (unpaired) electrons. The van der Waals surface area contributed by atoms with Gasteiger partial charge in [0, 0.05) is 0 Å². The first-order valence-electron chi connectivity index (χ1n) is 7.86. The first kappa shape index (κ1) is 13.8. The second kappa shape index (κ2) is 5.43. The molecule has 0 unspecified atom stereocenters. The highest BCUT2D eigenvalue weighted by Crippen LogP contribution is 2.36. The number of nitrogens with zero attached hydrogens (tertiary/aromatic N) is 1. The average molecular weight is 302 g/mol. The molecule has 0 aliphatic rings. The zero-order chi connectivity index (χ0) is 15.8. The molecule has 0 saturated heterocycles. The summed E-state index contributed by atoms with van der Waals surface area (Å²) in [7, 11) is 0. The standard InChI is InChI=1S/C20H18N2O/c1-13(2)23-18-12-11-14-7-3-4-8-15(14)19(18)20-21-16-9-5-6-10-17(16)22-20/h3-13H,1-2H3,(H,21,22). The van der Waals surface area contributed by atoms with Crippen molar-refractivity contribution in [1.29, 1.82) is 0 Å². The van der Waals surface area contributed by atoms with Crippen molar-refractivity contribution in [3.05, 3.63) is 60.7 Å². The van der Waals surface area contributed by atoms with Gasteiger partial charge in [-0.2, -0.15) is 0 Å². The van der Waals surface area contributed by atoms with Crippen molar-refractivity contribution in [2.75, 3.05) is 0 Å². The topological polar surface area (TPSA) is 37.9 Å². The predicted molar refractivity (Wildman–Crippen MR) is 94.8 cm³/mol. The molecule has 114 valence electrons. The number of hydrogen-bond acceptors (Lipinski definition) is 2. The lowest BCUT2D eigenvalue weighted by molar-refractivity contribution is 0.243. The third-order valence-electron chi connectivity index (χ3n) is 3.88. The molecule has 0 atom stereocenters. The first-order chi connectivity index (χ1) is 11.2. The van der Waals surface area contributed by atoms with Gasteiger partial charge in [-0.05, 0) is 42.8 Å². The fourth-order valence-electron chi connectivity index (χ4n) is 2.92. The van der Waals surface area contributed by atoms with E-state index < -0.39 is 0 Å². The third kappa shape index (κ3) is 2.44. The van der Waals surface area contributed by atoms with Gasteiger partial charge in [-0.1, -0.05) is 42.5 Å². The molecule has 1 heterocycles. The van der Waals surface area contributed by atoms with Gasteiger partial charge in [0.1, 0.15) is 11.6 Å². The summed E-state index contributed by atoms with van der Waals surface area (Å²) in [6.07, 6.45) is 0.110. The number of aromatic amines is 1. The van der Waals surface area contributed by atoms with Crippen LogP contribution in [0.1, 0.15) is 13.8 Å². The second-order valence-corrected chi connectivity index (χ2v) is 5.93. The molecular formula is C20H18N2O. The van der Waals surface area contributed by atoms with Crippen LogP contribution in [0.3, 0.4) is 0 Å². The van der Waals surface area contributed by atoms with Gasteiger partial charge >= 0.3 is 0 Å². The molecule has 23 heavy (non-hydrogen) atoms. The zero-order valence-electron chi connectivity index (χ0n) is 13.2. The molecule has 1 N–H and O–H groups in total. The van der Waals surface area contributed by atoms with E-state index in [4.69, 9.17) is 9.72 Å². The van der Waals surface area contributed by atoms with Crippen LogP contribution in [0.5, 0.6) is 5.75 Å². The Balaban J connectivity index is 2.02. The Kier molecular flexibility index (Phi) is 3.27. The largest absolute Gasteiger partial charge is 0.490 e. The van der Waals surface area contributed by atoms with Crippen molar-refractivity contribution in [3.63, 3.8) is 0 Å². The molecule has 0 fully saturated rings. The van der Waals surface area contributed by atoms with Crippen molar-refractivity contribution < 1.29 is 4.74 Å². The van der Waals surface area contributed by atoms with Crippen LogP contribution in [-0.4, -0.2) is 16.1 Å². The van der Waals surface area contributed by atoms with Crippen LogP contribution in [0.4, 0.5) is 0 Å². The van der Waals surface area contributed by atoms with E-state index in [1.54, 1.807) is 0 Å². The van der Waals surface area contributed by atoms with Crippen LogP contribution in [-0.2, 0) is 0 Å². The highest BCUT2D eigenvalue weighted by atomic mass is 16.5. The van der Waals surface area contributed by atoms with Gasteiger partial charge in [-0.3, -0.25) is 0 Å². The number of hydrogen-bond donors (Lipinski definition) is 1. The van der Waals surface area contributed by atoms with Crippen molar-refractivity contribution in [2.24, 2.45) is 0 Å². The Hall–Kier alpha value is -2.81. The van der Waals surface area contributed by atoms with Gasteiger partial charge in [0.05, 0.1) is 22.7 Å². The fourth-order valence-corrected chi connectivity index (χ4v) is 2.92. The van der Waals surface area contributed by atoms with Crippen LogP contribution in [0.25, 0.3) is 33.2 Å². The van der Waals surface area contributed by atoms with Gasteiger partial charge in [-0.15, -0.1) is 0 Å². The number of aromatic nitrogens is 2. The normalized spacial score (nSPS) is 11.4. The fraction of sp³-hybridized carbons (Fsp3) is 0.150. The molecule has 0 bridgehead atoms. The smallest absolute Gasteiger partial charge is 0.142 e. The van der Waals surface area contributed by atoms with Crippen LogP contribution in [0.2, 0.25) is 0 Å². The monoisotopic (exact) mass is 302 g/mol. The molecule has 3 heteroatoms. The number of ether oxygens (including phenoxy) is 1. The number of imidazole rings is 1. The minimum absolute atomic E-state index is 0.110. The summed E-state index contributed by atoms with van der Waals surface area (Å²) in [5.41, 5.74) is 3.02. The van der Waals surface area contributed by atoms with E-state index >= 15 is 0 Å². The zero-order valence-corrected chi connectivity index (χ0v) is 13.2. The summed E-state index contributed by atoms with van der Waals surface area (Å²) >= 11 is 0. The molecule has 3 nitrogen and oxygen atoms in total. The van der Waals surface area contributed by atoms with Crippen LogP contribution >= 0.6 is 0 Å². The van der Waals surface area contributed by atoms with E-state index in [9.17, 15) is 0 Å². The quantitative estimate of drug-likeness (QED) is 0.567. The first-order valence-corrected chi connectivity index (χ1v) is 7.86. The lowest BCUT2D eigenvalue weighted by Gasteiger charge is -2.15. The van der Waals surface area contributed by atoms with E-state index in [1.807, 2.05) is 56.3 Å². The minimum atomic E-state index is 0.110. The molecule has 4 aromatic rings. The molecule has 0 saturated carbocycles. The molecular weight excluding hydrogens is 284 g/mol. The van der Waals surface area contributed by atoms with E-state index in [-0.39, 0.29) is 6.10 Å². The van der Waals surface area contributed by atoms with Gasteiger partial charge < -0.3 is 9.72 Å². The van der Waals surface area contributed by atoms with E-state index in [1.165, 1.54) is 5.39 Å². The Labute approximate surface area is 134 Å². The number of benzene rings is 3. The van der Waals surface area contributed by atoms with E-state index in [0.29, 0.717) is 0 Å². The molecule has 0 spiro atoms. The van der Waals surface area contributed by atoms with Gasteiger partial charge in [0.15, 0.2) is 0 Å². The second-order valence-electron chi connectivity index (χ2n) is 5.93. The predicted octanol–water partition coefficient (Wildman–Crippen LogP) is 5.17. The lowest BCUT2D eigenvalue weighted by atomic mass is 10.0. The maximum absolute atomic E-state index is 6.04. The van der Waals surface area contributed by atoms with Gasteiger partial charge in [0.25, 0.3) is 0 Å². The van der Waals surface area contributed by atoms with Crippen molar-refractivity contribution in [2.45, 2.75) is 20.0 Å². The molecule has 4 rings (SSSR count). The number of nitrogens with one attached hydrogen (secondary N) is 1. The summed E-state index contributed by atoms with van der Waals surface area (Å²) in [6, 6.07) is 20.5. The average Bonchev–Trinajstić information content (AvgIpc) is 2.97. The third-order valence-corrected chi connectivity index (χ3v) is 3.88. The summed E-state index contributed by atoms with van der Waals surface area (Å²) in [5.74, 6) is 1.71. The Morgan fingerprint density at radius 3 is 2.52 bits per heavy atom. The Morgan fingerprint density at radius 1 is 0.913 bits per heavy atom. The Morgan fingerprint density at radius 2 is 1.70 bits per heavy atom. The number of para-hydroxylation sites is 2. The Bertz CT molecular complexity index is 952. The van der Waals surface area contributed by atoms with Gasteiger partial charge in [0.2, 0.25) is 0 Å². The number of H-pyrrole nitrogens is 1. The highest BCUT2D eigenvalue weighted by molar-refractivity contribution is 5.99. The van der Waals surface area contributed by atoms with Crippen molar-refractivity contribution in [3.8, 4) is 17.1 Å². The maximum Gasteiger partial charge on any atom is 0.142 e. The molecule has 1 aromatic heterocycles. The number of fused-ring (bicyclic) bond motifs is 2. The number of rotatable bonds is 3. The highest BCUT2D eigenvalue weighted by Gasteiger charge is 2.15. The van der Waals surface area contributed by atoms with E-state index in [0.717, 1.165) is 33.6 Å². The lowest BCUT2D eigenvalue weighted by Crippen LogP contribution is -2.07. The van der Waals surface area contributed by atoms with Crippen LogP contribution in [0, 0.1) is 0 Å². The molecule has 0 amide bonds. The minimum Gasteiger partial charge on any atom is -0.490 e. The summed E-state index contributed by atoms with van der Waals surface area (Å²) < 4.78 is 6.04. The van der Waals surface area contributed by atoms with Gasteiger partial charge in [-0.25, -0.2) is 4.98 Å². The van der Waals surface area contributed by atoms with E-state index in [2.05, 4.69) is 23.2 Å². The SMILES string of the molecule is CC(C)Oc1ccc2ccccc2c1-c1nc2ccccc2[nH]1. The molecule has 0 aliphatic carbocycles. The summed E-state index contributed by atoms with van der Waals surface area (Å²) in [5, 5.41) is 2.32. The van der Waals surface area contributed by atoms with Crippen LogP contribution < -0.4 is 4.74 Å².